The minimum absolute atomic E-state index is 0.0178. The first kappa shape index (κ1) is 23.1. The van der Waals surface area contributed by atoms with Gasteiger partial charge in [-0.2, -0.15) is 4.31 Å². The van der Waals surface area contributed by atoms with E-state index in [1.165, 1.54) is 22.6 Å². The summed E-state index contributed by atoms with van der Waals surface area (Å²) in [5.41, 5.74) is 1.21. The number of carbonyl (C=O) groups excluding carboxylic acids is 1. The topological polar surface area (TPSA) is 101 Å². The normalized spacial score (nSPS) is 15.3. The molecule has 1 amide bonds. The highest BCUT2D eigenvalue weighted by Crippen LogP contribution is 2.23. The Hall–Kier alpha value is -3.04. The van der Waals surface area contributed by atoms with Crippen LogP contribution in [-0.4, -0.2) is 41.3 Å². The van der Waals surface area contributed by atoms with E-state index >= 15 is 0 Å². The number of hydrogen-bond donors (Lipinski definition) is 1. The Bertz CT molecular complexity index is 1360. The van der Waals surface area contributed by atoms with Crippen LogP contribution in [0.5, 0.6) is 0 Å². The van der Waals surface area contributed by atoms with Crippen molar-refractivity contribution in [3.05, 3.63) is 64.1 Å². The standard InChI is InChI=1S/C24H28N4O4S/c1-3-27-16-21(22(29)20-12-11-17(2)25-23(20)27)24(30)26-18-9-8-10-19(15-18)33(31,32)28-13-6-4-5-7-14-28/h8-12,15-16H,3-7,13-14H2,1-2H3,(H,26,30). The van der Waals surface area contributed by atoms with Gasteiger partial charge in [0.2, 0.25) is 15.5 Å². The fraction of sp³-hybridized carbons (Fsp3) is 0.375. The second kappa shape index (κ2) is 9.44. The van der Waals surface area contributed by atoms with Gasteiger partial charge in [0.05, 0.1) is 10.3 Å². The number of rotatable bonds is 5. The molecule has 0 aliphatic carbocycles. The van der Waals surface area contributed by atoms with Crippen LogP contribution in [-0.2, 0) is 16.6 Å². The van der Waals surface area contributed by atoms with Crippen molar-refractivity contribution in [1.82, 2.24) is 13.9 Å². The minimum atomic E-state index is -3.65. The van der Waals surface area contributed by atoms with E-state index in [0.29, 0.717) is 36.4 Å². The molecule has 8 nitrogen and oxygen atoms in total. The molecule has 3 aromatic rings. The summed E-state index contributed by atoms with van der Waals surface area (Å²) >= 11 is 0. The highest BCUT2D eigenvalue weighted by atomic mass is 32.2. The Morgan fingerprint density at radius 2 is 1.82 bits per heavy atom. The molecule has 33 heavy (non-hydrogen) atoms. The maximum absolute atomic E-state index is 13.1. The van der Waals surface area contributed by atoms with Gasteiger partial charge in [-0.1, -0.05) is 18.9 Å². The van der Waals surface area contributed by atoms with E-state index in [-0.39, 0.29) is 10.5 Å². The van der Waals surface area contributed by atoms with Gasteiger partial charge < -0.3 is 9.88 Å². The zero-order valence-corrected chi connectivity index (χ0v) is 19.7. The van der Waals surface area contributed by atoms with Crippen molar-refractivity contribution in [2.45, 2.75) is 51.0 Å². The number of pyridine rings is 2. The third-order valence-electron chi connectivity index (χ3n) is 5.94. The Morgan fingerprint density at radius 1 is 1.09 bits per heavy atom. The molecule has 1 aliphatic rings. The van der Waals surface area contributed by atoms with E-state index in [9.17, 15) is 18.0 Å². The highest BCUT2D eigenvalue weighted by Gasteiger charge is 2.25. The molecular weight excluding hydrogens is 440 g/mol. The first-order chi connectivity index (χ1) is 15.8. The first-order valence-corrected chi connectivity index (χ1v) is 12.7. The summed E-state index contributed by atoms with van der Waals surface area (Å²) in [5.74, 6) is -0.589. The maximum atomic E-state index is 13.1. The molecule has 0 saturated carbocycles. The minimum Gasteiger partial charge on any atom is -0.332 e. The average molecular weight is 469 g/mol. The van der Waals surface area contributed by atoms with E-state index in [1.54, 1.807) is 28.8 Å². The Morgan fingerprint density at radius 3 is 2.52 bits per heavy atom. The van der Waals surface area contributed by atoms with Crippen LogP contribution in [0, 0.1) is 6.92 Å². The van der Waals surface area contributed by atoms with Crippen LogP contribution in [0.3, 0.4) is 0 Å². The summed E-state index contributed by atoms with van der Waals surface area (Å²) < 4.78 is 29.5. The summed E-state index contributed by atoms with van der Waals surface area (Å²) in [6, 6.07) is 9.60. The largest absolute Gasteiger partial charge is 0.332 e. The molecule has 1 saturated heterocycles. The van der Waals surface area contributed by atoms with Crippen LogP contribution in [0.1, 0.15) is 48.7 Å². The van der Waals surface area contributed by atoms with E-state index in [2.05, 4.69) is 10.3 Å². The number of nitrogens with zero attached hydrogens (tertiary/aromatic N) is 3. The second-order valence-electron chi connectivity index (χ2n) is 8.28. The van der Waals surface area contributed by atoms with Crippen molar-refractivity contribution in [2.75, 3.05) is 18.4 Å². The number of carbonyl (C=O) groups is 1. The van der Waals surface area contributed by atoms with Gasteiger partial charge in [0.25, 0.3) is 5.91 Å². The van der Waals surface area contributed by atoms with E-state index in [0.717, 1.165) is 31.4 Å². The zero-order valence-electron chi connectivity index (χ0n) is 18.9. The lowest BCUT2D eigenvalue weighted by molar-refractivity contribution is 0.102. The highest BCUT2D eigenvalue weighted by molar-refractivity contribution is 7.89. The van der Waals surface area contributed by atoms with Gasteiger partial charge in [-0.3, -0.25) is 9.59 Å². The smallest absolute Gasteiger partial charge is 0.261 e. The number of benzene rings is 1. The molecule has 1 fully saturated rings. The number of sulfonamides is 1. The molecule has 1 N–H and O–H groups in total. The number of aryl methyl sites for hydroxylation is 2. The molecule has 2 aromatic heterocycles. The van der Waals surface area contributed by atoms with Crippen LogP contribution in [0.15, 0.2) is 52.3 Å². The van der Waals surface area contributed by atoms with Crippen molar-refractivity contribution in [2.24, 2.45) is 0 Å². The van der Waals surface area contributed by atoms with Gasteiger partial charge >= 0.3 is 0 Å². The Kier molecular flexibility index (Phi) is 6.62. The molecule has 174 valence electrons. The summed E-state index contributed by atoms with van der Waals surface area (Å²) in [6.07, 6.45) is 5.24. The number of hydrogen-bond acceptors (Lipinski definition) is 5. The van der Waals surface area contributed by atoms with Gasteiger partial charge in [-0.25, -0.2) is 13.4 Å². The summed E-state index contributed by atoms with van der Waals surface area (Å²) in [6.45, 7) is 5.29. The van der Waals surface area contributed by atoms with Gasteiger partial charge in [0.15, 0.2) is 0 Å². The van der Waals surface area contributed by atoms with Crippen molar-refractivity contribution in [3.8, 4) is 0 Å². The third-order valence-corrected chi connectivity index (χ3v) is 7.84. The molecule has 4 rings (SSSR count). The zero-order chi connectivity index (χ0) is 23.6. The quantitative estimate of drug-likeness (QED) is 0.617. The lowest BCUT2D eigenvalue weighted by Crippen LogP contribution is -2.32. The van der Waals surface area contributed by atoms with Gasteiger partial charge in [-0.15, -0.1) is 0 Å². The Balaban J connectivity index is 1.65. The Labute approximate surface area is 193 Å². The molecule has 0 radical (unpaired) electrons. The van der Waals surface area contributed by atoms with Gasteiger partial charge in [0, 0.05) is 37.2 Å². The lowest BCUT2D eigenvalue weighted by Gasteiger charge is -2.20. The molecule has 0 unspecified atom stereocenters. The molecule has 0 spiro atoms. The summed E-state index contributed by atoms with van der Waals surface area (Å²) in [5, 5.41) is 3.07. The third kappa shape index (κ3) is 4.69. The number of nitrogens with one attached hydrogen (secondary N) is 1. The lowest BCUT2D eigenvalue weighted by atomic mass is 10.1. The second-order valence-corrected chi connectivity index (χ2v) is 10.2. The van der Waals surface area contributed by atoms with Crippen molar-refractivity contribution in [3.63, 3.8) is 0 Å². The fourth-order valence-electron chi connectivity index (χ4n) is 4.13. The first-order valence-electron chi connectivity index (χ1n) is 11.2. The monoisotopic (exact) mass is 468 g/mol. The summed E-state index contributed by atoms with van der Waals surface area (Å²) in [4.78, 5) is 30.6. The van der Waals surface area contributed by atoms with Crippen LogP contribution < -0.4 is 10.7 Å². The molecule has 0 bridgehead atoms. The van der Waals surface area contributed by atoms with E-state index in [1.807, 2.05) is 13.8 Å². The van der Waals surface area contributed by atoms with Crippen LogP contribution in [0.25, 0.3) is 11.0 Å². The predicted molar refractivity (Wildman–Crippen MR) is 128 cm³/mol. The molecule has 3 heterocycles. The molecular formula is C24H28N4O4S. The van der Waals surface area contributed by atoms with Gasteiger partial charge in [-0.05, 0) is 57.0 Å². The molecule has 9 heteroatoms. The van der Waals surface area contributed by atoms with Crippen molar-refractivity contribution >= 4 is 32.7 Å². The van der Waals surface area contributed by atoms with Crippen molar-refractivity contribution in [1.29, 1.82) is 0 Å². The fourth-order valence-corrected chi connectivity index (χ4v) is 5.69. The van der Waals surface area contributed by atoms with Crippen molar-refractivity contribution < 1.29 is 13.2 Å². The predicted octanol–water partition coefficient (Wildman–Crippen LogP) is 3.54. The van der Waals surface area contributed by atoms with Crippen LogP contribution >= 0.6 is 0 Å². The van der Waals surface area contributed by atoms with Crippen LogP contribution in [0.2, 0.25) is 0 Å². The van der Waals surface area contributed by atoms with E-state index < -0.39 is 21.4 Å². The van der Waals surface area contributed by atoms with Gasteiger partial charge in [0.1, 0.15) is 11.2 Å². The number of fused-ring (bicyclic) bond motifs is 1. The number of aromatic nitrogens is 2. The van der Waals surface area contributed by atoms with Crippen LogP contribution in [0.4, 0.5) is 5.69 Å². The molecule has 1 aliphatic heterocycles. The van der Waals surface area contributed by atoms with E-state index in [4.69, 9.17) is 0 Å². The molecule has 0 atom stereocenters. The number of amides is 1. The summed E-state index contributed by atoms with van der Waals surface area (Å²) in [7, 11) is -3.65. The average Bonchev–Trinajstić information content (AvgIpc) is 3.10. The maximum Gasteiger partial charge on any atom is 0.261 e. The molecule has 1 aromatic carbocycles. The SMILES string of the molecule is CCn1cc(C(=O)Nc2cccc(S(=O)(=O)N3CCCCCC3)c2)c(=O)c2ccc(C)nc21. The number of anilines is 1.